The normalized spacial score (nSPS) is 19.8. The van der Waals surface area contributed by atoms with Crippen LogP contribution >= 0.6 is 0 Å². The molecule has 1 atom stereocenters. The zero-order valence-electron chi connectivity index (χ0n) is 15.3. The molecule has 1 rings (SSSR count). The molecule has 0 spiro atoms. The van der Waals surface area contributed by atoms with Crippen LogP contribution in [0.4, 0.5) is 0 Å². The average molecular weight is 327 g/mol. The molecule has 122 valence electrons. The summed E-state index contributed by atoms with van der Waals surface area (Å²) >= 11 is 0. The fraction of sp³-hybridized carbons (Fsp3) is 0.765. The van der Waals surface area contributed by atoms with Crippen molar-refractivity contribution < 1.29 is 8.85 Å². The summed E-state index contributed by atoms with van der Waals surface area (Å²) in [5, 5.41) is 0. The van der Waals surface area contributed by atoms with Gasteiger partial charge in [-0.15, -0.1) is 0 Å². The van der Waals surface area contributed by atoms with Gasteiger partial charge >= 0.3 is 0 Å². The first-order chi connectivity index (χ1) is 9.57. The molecule has 0 aliphatic heterocycles. The molecular weight excluding hydrogens is 292 g/mol. The molecule has 0 aromatic carbocycles. The number of rotatable bonds is 8. The van der Waals surface area contributed by atoms with Gasteiger partial charge in [-0.05, 0) is 57.7 Å². The van der Waals surface area contributed by atoms with Crippen LogP contribution in [0.3, 0.4) is 0 Å². The Morgan fingerprint density at radius 2 is 1.48 bits per heavy atom. The van der Waals surface area contributed by atoms with Crippen LogP contribution in [0.2, 0.25) is 39.3 Å². The smallest absolute Gasteiger partial charge is 0.242 e. The molecule has 0 saturated heterocycles. The van der Waals surface area contributed by atoms with Crippen LogP contribution in [-0.2, 0) is 8.85 Å². The molecule has 0 heterocycles. The van der Waals surface area contributed by atoms with Crippen LogP contribution in [0.5, 0.6) is 0 Å². The molecule has 1 unspecified atom stereocenters. The molecule has 0 radical (unpaired) electrons. The Kier molecular flexibility index (Phi) is 6.35. The van der Waals surface area contributed by atoms with Crippen molar-refractivity contribution >= 4 is 16.6 Å². The zero-order chi connectivity index (χ0) is 16.3. The van der Waals surface area contributed by atoms with Gasteiger partial charge in [0.15, 0.2) is 0 Å². The Hall–Kier alpha value is -0.486. The molecule has 1 aliphatic carbocycles. The zero-order valence-corrected chi connectivity index (χ0v) is 17.3. The molecule has 0 amide bonds. The summed E-state index contributed by atoms with van der Waals surface area (Å²) in [5.41, 5.74) is 1.38. The Balaban J connectivity index is 3.18. The van der Waals surface area contributed by atoms with E-state index in [9.17, 15) is 0 Å². The van der Waals surface area contributed by atoms with Gasteiger partial charge in [-0.1, -0.05) is 32.8 Å². The fourth-order valence-electron chi connectivity index (χ4n) is 2.59. The second-order valence-electron chi connectivity index (χ2n) is 7.96. The standard InChI is InChI=1S/C17H34O2Si2/c1-9-11-14-13-15(12-10-2)17(19-21(6,7)8)16(14)18-20(3,4)5/h13-14H,9-12H2,1-8H3. The van der Waals surface area contributed by atoms with E-state index in [0.717, 1.165) is 30.8 Å². The van der Waals surface area contributed by atoms with Gasteiger partial charge in [0.05, 0.1) is 0 Å². The lowest BCUT2D eigenvalue weighted by Crippen LogP contribution is -2.30. The Morgan fingerprint density at radius 3 is 1.90 bits per heavy atom. The van der Waals surface area contributed by atoms with Gasteiger partial charge in [-0.3, -0.25) is 0 Å². The summed E-state index contributed by atoms with van der Waals surface area (Å²) in [7, 11) is -3.24. The Morgan fingerprint density at radius 1 is 0.905 bits per heavy atom. The SMILES string of the molecule is CCCC1=CC(CCC)C(O[Si](C)(C)C)=C1O[Si](C)(C)C. The van der Waals surface area contributed by atoms with Crippen molar-refractivity contribution in [1.82, 2.24) is 0 Å². The van der Waals surface area contributed by atoms with Crippen LogP contribution in [0.1, 0.15) is 39.5 Å². The van der Waals surface area contributed by atoms with Gasteiger partial charge in [-0.25, -0.2) is 0 Å². The van der Waals surface area contributed by atoms with Crippen LogP contribution in [0, 0.1) is 5.92 Å². The van der Waals surface area contributed by atoms with Gasteiger partial charge in [0.25, 0.3) is 0 Å². The quantitative estimate of drug-likeness (QED) is 0.505. The van der Waals surface area contributed by atoms with E-state index in [1.54, 1.807) is 0 Å². The lowest BCUT2D eigenvalue weighted by molar-refractivity contribution is 0.317. The molecule has 0 aromatic rings. The van der Waals surface area contributed by atoms with Gasteiger partial charge in [0, 0.05) is 5.92 Å². The predicted molar refractivity (Wildman–Crippen MR) is 97.3 cm³/mol. The molecule has 0 fully saturated rings. The summed E-state index contributed by atoms with van der Waals surface area (Å²) in [6.45, 7) is 18.0. The third-order valence-electron chi connectivity index (χ3n) is 3.20. The van der Waals surface area contributed by atoms with E-state index in [1.807, 2.05) is 0 Å². The average Bonchev–Trinajstić information content (AvgIpc) is 2.55. The lowest BCUT2D eigenvalue weighted by Gasteiger charge is -2.28. The topological polar surface area (TPSA) is 18.5 Å². The highest BCUT2D eigenvalue weighted by molar-refractivity contribution is 6.70. The highest BCUT2D eigenvalue weighted by Gasteiger charge is 2.34. The van der Waals surface area contributed by atoms with E-state index < -0.39 is 16.6 Å². The van der Waals surface area contributed by atoms with Crippen molar-refractivity contribution in [2.45, 2.75) is 78.8 Å². The van der Waals surface area contributed by atoms with Gasteiger partial charge in [0.1, 0.15) is 11.5 Å². The van der Waals surface area contributed by atoms with Gasteiger partial charge in [0.2, 0.25) is 16.6 Å². The third kappa shape index (κ3) is 6.03. The molecule has 21 heavy (non-hydrogen) atoms. The molecular formula is C17H34O2Si2. The van der Waals surface area contributed by atoms with E-state index in [-0.39, 0.29) is 0 Å². The maximum Gasteiger partial charge on any atom is 0.242 e. The highest BCUT2D eigenvalue weighted by atomic mass is 28.4. The van der Waals surface area contributed by atoms with Crippen LogP contribution in [0.15, 0.2) is 23.2 Å². The molecule has 0 saturated carbocycles. The lowest BCUT2D eigenvalue weighted by atomic mass is 10.0. The summed E-state index contributed by atoms with van der Waals surface area (Å²) in [4.78, 5) is 0. The van der Waals surface area contributed by atoms with Crippen molar-refractivity contribution in [1.29, 1.82) is 0 Å². The molecule has 4 heteroatoms. The summed E-state index contributed by atoms with van der Waals surface area (Å²) in [5.74, 6) is 2.66. The van der Waals surface area contributed by atoms with Gasteiger partial charge in [-0.2, -0.15) is 0 Å². The highest BCUT2D eigenvalue weighted by Crippen LogP contribution is 2.40. The monoisotopic (exact) mass is 326 g/mol. The minimum Gasteiger partial charge on any atom is -0.544 e. The van der Waals surface area contributed by atoms with Crippen LogP contribution in [0.25, 0.3) is 0 Å². The first kappa shape index (κ1) is 18.6. The summed E-state index contributed by atoms with van der Waals surface area (Å²) in [6.07, 6.45) is 7.00. The van der Waals surface area contributed by atoms with Crippen molar-refractivity contribution in [3.05, 3.63) is 23.2 Å². The largest absolute Gasteiger partial charge is 0.544 e. The number of hydrogen-bond acceptors (Lipinski definition) is 2. The second-order valence-corrected chi connectivity index (χ2v) is 16.8. The maximum atomic E-state index is 6.46. The molecule has 1 aliphatic rings. The number of hydrogen-bond donors (Lipinski definition) is 0. The van der Waals surface area contributed by atoms with Crippen LogP contribution < -0.4 is 0 Å². The van der Waals surface area contributed by atoms with E-state index in [4.69, 9.17) is 8.85 Å². The second kappa shape index (κ2) is 7.18. The third-order valence-corrected chi connectivity index (χ3v) is 4.85. The van der Waals surface area contributed by atoms with Crippen molar-refractivity contribution in [2.24, 2.45) is 5.92 Å². The van der Waals surface area contributed by atoms with Crippen molar-refractivity contribution in [3.8, 4) is 0 Å². The summed E-state index contributed by atoms with van der Waals surface area (Å²) in [6, 6.07) is 0. The minimum absolute atomic E-state index is 0.426. The number of allylic oxidation sites excluding steroid dienone is 2. The predicted octanol–water partition coefficient (Wildman–Crippen LogP) is 6.06. The first-order valence-corrected chi connectivity index (χ1v) is 15.2. The van der Waals surface area contributed by atoms with E-state index in [1.165, 1.54) is 12.0 Å². The summed E-state index contributed by atoms with van der Waals surface area (Å²) < 4.78 is 12.9. The Labute approximate surface area is 133 Å². The maximum absolute atomic E-state index is 6.46. The molecule has 0 aromatic heterocycles. The Bertz CT molecular complexity index is 411. The van der Waals surface area contributed by atoms with Crippen LogP contribution in [-0.4, -0.2) is 16.6 Å². The molecule has 0 N–H and O–H groups in total. The van der Waals surface area contributed by atoms with Crippen molar-refractivity contribution in [2.75, 3.05) is 0 Å². The van der Waals surface area contributed by atoms with Crippen molar-refractivity contribution in [3.63, 3.8) is 0 Å². The molecule has 0 bridgehead atoms. The fourth-order valence-corrected chi connectivity index (χ4v) is 4.33. The van der Waals surface area contributed by atoms with Gasteiger partial charge < -0.3 is 8.85 Å². The first-order valence-electron chi connectivity index (χ1n) is 8.40. The minimum atomic E-state index is -1.63. The van der Waals surface area contributed by atoms with E-state index >= 15 is 0 Å². The van der Waals surface area contributed by atoms with E-state index in [2.05, 4.69) is 59.2 Å². The van der Waals surface area contributed by atoms with E-state index in [0.29, 0.717) is 5.92 Å². The molecule has 2 nitrogen and oxygen atoms in total.